The Balaban J connectivity index is 1.79. The van der Waals surface area contributed by atoms with Crippen LogP contribution in [0.15, 0.2) is 30.3 Å². The van der Waals surface area contributed by atoms with Gasteiger partial charge in [-0.05, 0) is 51.5 Å². The smallest absolute Gasteiger partial charge is 0.321 e. The molecule has 10 heteroatoms. The average Bonchev–Trinajstić information content (AvgIpc) is 3.18. The molecule has 0 saturated carbocycles. The summed E-state index contributed by atoms with van der Waals surface area (Å²) in [5, 5.41) is 10.7. The quantitative estimate of drug-likeness (QED) is 0.619. The third-order valence-corrected chi connectivity index (χ3v) is 4.83. The Hall–Kier alpha value is -3.17. The van der Waals surface area contributed by atoms with E-state index in [4.69, 9.17) is 0 Å². The van der Waals surface area contributed by atoms with Crippen LogP contribution in [-0.2, 0) is 17.5 Å². The third-order valence-electron chi connectivity index (χ3n) is 4.83. The topological polar surface area (TPSA) is 64.7 Å². The number of rotatable bonds is 5. The van der Waals surface area contributed by atoms with Crippen molar-refractivity contribution in [2.75, 3.05) is 5.32 Å². The molecule has 3 rings (SSSR count). The lowest BCUT2D eigenvalue weighted by atomic mass is 10.2. The van der Waals surface area contributed by atoms with Crippen molar-refractivity contribution >= 4 is 11.6 Å². The van der Waals surface area contributed by atoms with Gasteiger partial charge in [0.2, 0.25) is 5.91 Å². The first kappa shape index (κ1) is 21.5. The summed E-state index contributed by atoms with van der Waals surface area (Å²) in [4.78, 5) is 12.7. The van der Waals surface area contributed by atoms with Crippen LogP contribution in [0.3, 0.4) is 0 Å². The number of hydrogen-bond acceptors (Lipinski definition) is 3. The molecule has 0 spiro atoms. The molecule has 1 aromatic carbocycles. The van der Waals surface area contributed by atoms with E-state index >= 15 is 0 Å². The number of anilines is 1. The van der Waals surface area contributed by atoms with Gasteiger partial charge >= 0.3 is 6.18 Å². The van der Waals surface area contributed by atoms with E-state index in [1.165, 1.54) is 26.0 Å². The second-order valence-electron chi connectivity index (χ2n) is 7.11. The van der Waals surface area contributed by atoms with Gasteiger partial charge in [-0.3, -0.25) is 14.2 Å². The predicted octanol–water partition coefficient (Wildman–Crippen LogP) is 4.41. The molecule has 1 atom stereocenters. The number of benzene rings is 1. The zero-order chi connectivity index (χ0) is 22.2. The standard InChI is InChI=1S/C20H21F4N5O/c1-11-9-17(20(22,23)24)27-29(11)14(4)19(30)25-18-12(2)26-28(13(18)3)10-15-5-7-16(21)8-6-15/h5-9,14H,10H2,1-4H3,(H,25,30). The molecular formula is C20H21F4N5O. The Morgan fingerprint density at radius 2 is 1.77 bits per heavy atom. The minimum Gasteiger partial charge on any atom is -0.321 e. The summed E-state index contributed by atoms with van der Waals surface area (Å²) >= 11 is 0. The lowest BCUT2D eigenvalue weighted by molar-refractivity contribution is -0.141. The first-order valence-electron chi connectivity index (χ1n) is 9.20. The Bertz CT molecular complexity index is 1070. The molecule has 0 saturated heterocycles. The molecule has 2 heterocycles. The van der Waals surface area contributed by atoms with Crippen LogP contribution in [0, 0.1) is 26.6 Å². The van der Waals surface area contributed by atoms with Crippen molar-refractivity contribution in [1.82, 2.24) is 19.6 Å². The van der Waals surface area contributed by atoms with Crippen LogP contribution in [0.2, 0.25) is 0 Å². The van der Waals surface area contributed by atoms with Crippen molar-refractivity contribution in [2.24, 2.45) is 0 Å². The number of aryl methyl sites for hydroxylation is 2. The Kier molecular flexibility index (Phi) is 5.69. The highest BCUT2D eigenvalue weighted by Gasteiger charge is 2.35. The van der Waals surface area contributed by atoms with E-state index in [9.17, 15) is 22.4 Å². The van der Waals surface area contributed by atoms with Gasteiger partial charge in [0.05, 0.1) is 23.6 Å². The molecule has 0 radical (unpaired) electrons. The highest BCUT2D eigenvalue weighted by atomic mass is 19.4. The number of nitrogens with one attached hydrogen (secondary N) is 1. The SMILES string of the molecule is Cc1nn(Cc2ccc(F)cc2)c(C)c1NC(=O)C(C)n1nc(C(F)(F)F)cc1C. The summed E-state index contributed by atoms with van der Waals surface area (Å²) in [5.41, 5.74) is 1.73. The minimum atomic E-state index is -4.58. The van der Waals surface area contributed by atoms with Gasteiger partial charge in [-0.2, -0.15) is 23.4 Å². The molecule has 1 N–H and O–H groups in total. The molecule has 0 aliphatic carbocycles. The molecule has 0 fully saturated rings. The van der Waals surface area contributed by atoms with E-state index in [2.05, 4.69) is 15.5 Å². The fraction of sp³-hybridized carbons (Fsp3) is 0.350. The van der Waals surface area contributed by atoms with E-state index in [0.29, 0.717) is 23.6 Å². The van der Waals surface area contributed by atoms with Crippen molar-refractivity contribution in [1.29, 1.82) is 0 Å². The van der Waals surface area contributed by atoms with Crippen LogP contribution < -0.4 is 5.32 Å². The summed E-state index contributed by atoms with van der Waals surface area (Å²) < 4.78 is 54.5. The van der Waals surface area contributed by atoms with Crippen LogP contribution in [0.25, 0.3) is 0 Å². The number of carbonyl (C=O) groups is 1. The maximum absolute atomic E-state index is 13.1. The van der Waals surface area contributed by atoms with Crippen molar-refractivity contribution < 1.29 is 22.4 Å². The number of aromatic nitrogens is 4. The highest BCUT2D eigenvalue weighted by molar-refractivity contribution is 5.94. The summed E-state index contributed by atoms with van der Waals surface area (Å²) in [6, 6.07) is 5.94. The first-order chi connectivity index (χ1) is 14.0. The third kappa shape index (κ3) is 4.37. The first-order valence-corrected chi connectivity index (χ1v) is 9.20. The van der Waals surface area contributed by atoms with Crippen LogP contribution in [0.1, 0.15) is 41.3 Å². The Morgan fingerprint density at radius 1 is 1.13 bits per heavy atom. The van der Waals surface area contributed by atoms with Crippen LogP contribution in [0.5, 0.6) is 0 Å². The number of carbonyl (C=O) groups excluding carboxylic acids is 1. The molecule has 1 unspecified atom stereocenters. The van der Waals surface area contributed by atoms with Gasteiger partial charge in [0.1, 0.15) is 11.9 Å². The fourth-order valence-corrected chi connectivity index (χ4v) is 3.15. The van der Waals surface area contributed by atoms with Gasteiger partial charge in [-0.1, -0.05) is 12.1 Å². The maximum Gasteiger partial charge on any atom is 0.435 e. The maximum atomic E-state index is 13.1. The van der Waals surface area contributed by atoms with E-state index in [0.717, 1.165) is 16.3 Å². The molecule has 0 aliphatic rings. The van der Waals surface area contributed by atoms with Crippen LogP contribution in [0.4, 0.5) is 23.2 Å². The van der Waals surface area contributed by atoms with Crippen molar-refractivity contribution in [3.63, 3.8) is 0 Å². The van der Waals surface area contributed by atoms with Gasteiger partial charge < -0.3 is 5.32 Å². The molecule has 3 aromatic rings. The predicted molar refractivity (Wildman–Crippen MR) is 103 cm³/mol. The normalized spacial score (nSPS) is 12.8. The molecular weight excluding hydrogens is 402 g/mol. The van der Waals surface area contributed by atoms with Crippen LogP contribution in [-0.4, -0.2) is 25.5 Å². The van der Waals surface area contributed by atoms with Gasteiger partial charge in [0, 0.05) is 5.69 Å². The highest BCUT2D eigenvalue weighted by Crippen LogP contribution is 2.29. The van der Waals surface area contributed by atoms with E-state index < -0.39 is 23.8 Å². The van der Waals surface area contributed by atoms with Crippen molar-refractivity contribution in [3.05, 3.63) is 64.5 Å². The van der Waals surface area contributed by atoms with Gasteiger partial charge in [0.25, 0.3) is 0 Å². The number of nitrogens with zero attached hydrogens (tertiary/aromatic N) is 4. The van der Waals surface area contributed by atoms with E-state index in [1.54, 1.807) is 30.7 Å². The largest absolute Gasteiger partial charge is 0.435 e. The monoisotopic (exact) mass is 423 g/mol. The molecule has 0 bridgehead atoms. The molecule has 160 valence electrons. The number of hydrogen-bond donors (Lipinski definition) is 1. The zero-order valence-corrected chi connectivity index (χ0v) is 16.9. The fourth-order valence-electron chi connectivity index (χ4n) is 3.15. The lowest BCUT2D eigenvalue weighted by Gasteiger charge is -2.15. The molecule has 0 aliphatic heterocycles. The van der Waals surface area contributed by atoms with Crippen LogP contribution >= 0.6 is 0 Å². The molecule has 1 amide bonds. The Labute approximate surface area is 170 Å². The van der Waals surface area contributed by atoms with E-state index in [1.807, 2.05) is 0 Å². The average molecular weight is 423 g/mol. The Morgan fingerprint density at radius 3 is 2.33 bits per heavy atom. The molecule has 6 nitrogen and oxygen atoms in total. The van der Waals surface area contributed by atoms with E-state index in [-0.39, 0.29) is 11.5 Å². The lowest BCUT2D eigenvalue weighted by Crippen LogP contribution is -2.26. The van der Waals surface area contributed by atoms with Gasteiger partial charge in [-0.15, -0.1) is 0 Å². The minimum absolute atomic E-state index is 0.227. The van der Waals surface area contributed by atoms with Gasteiger partial charge in [-0.25, -0.2) is 4.39 Å². The van der Waals surface area contributed by atoms with Crippen molar-refractivity contribution in [2.45, 2.75) is 46.5 Å². The molecule has 2 aromatic heterocycles. The summed E-state index contributed by atoms with van der Waals surface area (Å²) in [5.74, 6) is -0.848. The van der Waals surface area contributed by atoms with Crippen molar-refractivity contribution in [3.8, 4) is 0 Å². The van der Waals surface area contributed by atoms with Gasteiger partial charge in [0.15, 0.2) is 5.69 Å². The number of amides is 1. The zero-order valence-electron chi connectivity index (χ0n) is 16.9. The summed E-state index contributed by atoms with van der Waals surface area (Å²) in [6.07, 6.45) is -4.58. The summed E-state index contributed by atoms with van der Waals surface area (Å²) in [6.45, 7) is 6.80. The second-order valence-corrected chi connectivity index (χ2v) is 7.11. The number of alkyl halides is 3. The molecule has 30 heavy (non-hydrogen) atoms. The summed E-state index contributed by atoms with van der Waals surface area (Å²) in [7, 11) is 0. The number of halogens is 4. The second kappa shape index (κ2) is 7.92.